The summed E-state index contributed by atoms with van der Waals surface area (Å²) in [5.41, 5.74) is 8.19. The number of ether oxygens (including phenoxy) is 1. The number of likely N-dealkylation sites (N-methyl/N-ethyl adjacent to an activating group) is 1. The van der Waals surface area contributed by atoms with Gasteiger partial charge in [0, 0.05) is 19.6 Å². The van der Waals surface area contributed by atoms with Gasteiger partial charge in [-0.05, 0) is 11.1 Å². The van der Waals surface area contributed by atoms with Crippen molar-refractivity contribution in [3.63, 3.8) is 0 Å². The van der Waals surface area contributed by atoms with E-state index in [4.69, 9.17) is 10.5 Å². The van der Waals surface area contributed by atoms with E-state index in [0.29, 0.717) is 6.61 Å². The summed E-state index contributed by atoms with van der Waals surface area (Å²) in [7, 11) is 1.68. The maximum absolute atomic E-state index is 12.6. The molecule has 5 heteroatoms. The summed E-state index contributed by atoms with van der Waals surface area (Å²) in [5.74, 6) is -0.469. The molecule has 140 valence electrons. The highest BCUT2D eigenvalue weighted by Gasteiger charge is 2.25. The van der Waals surface area contributed by atoms with Gasteiger partial charge < -0.3 is 20.5 Å². The van der Waals surface area contributed by atoms with Crippen molar-refractivity contribution in [3.05, 3.63) is 71.8 Å². The van der Waals surface area contributed by atoms with Crippen LogP contribution in [0, 0.1) is 5.92 Å². The number of aliphatic hydroxyl groups excluding tert-OH is 1. The minimum absolute atomic E-state index is 0.0940. The van der Waals surface area contributed by atoms with Crippen LogP contribution < -0.4 is 5.73 Å². The van der Waals surface area contributed by atoms with Gasteiger partial charge in [-0.1, -0.05) is 67.6 Å². The van der Waals surface area contributed by atoms with E-state index >= 15 is 0 Å². The summed E-state index contributed by atoms with van der Waals surface area (Å²) in [6, 6.07) is 19.0. The van der Waals surface area contributed by atoms with Crippen LogP contribution in [0.1, 0.15) is 24.1 Å². The fourth-order valence-electron chi connectivity index (χ4n) is 2.81. The predicted molar refractivity (Wildman–Crippen MR) is 102 cm³/mol. The summed E-state index contributed by atoms with van der Waals surface area (Å²) in [5, 5.41) is 10.1. The second-order valence-corrected chi connectivity index (χ2v) is 6.60. The van der Waals surface area contributed by atoms with Gasteiger partial charge in [-0.25, -0.2) is 0 Å². The summed E-state index contributed by atoms with van der Waals surface area (Å²) < 4.78 is 5.53. The van der Waals surface area contributed by atoms with Crippen molar-refractivity contribution in [2.75, 3.05) is 20.2 Å². The average molecular weight is 356 g/mol. The van der Waals surface area contributed by atoms with Crippen LogP contribution in [0.15, 0.2) is 60.7 Å². The second kappa shape index (κ2) is 10.1. The molecule has 0 spiro atoms. The Morgan fingerprint density at radius 2 is 1.69 bits per heavy atom. The summed E-state index contributed by atoms with van der Waals surface area (Å²) >= 11 is 0. The van der Waals surface area contributed by atoms with Crippen molar-refractivity contribution in [2.24, 2.45) is 11.7 Å². The lowest BCUT2D eigenvalue weighted by atomic mass is 9.94. The van der Waals surface area contributed by atoms with Gasteiger partial charge in [-0.3, -0.25) is 4.79 Å². The molecule has 26 heavy (non-hydrogen) atoms. The zero-order chi connectivity index (χ0) is 18.9. The van der Waals surface area contributed by atoms with Gasteiger partial charge in [0.15, 0.2) is 0 Å². The number of carbonyl (C=O) groups excluding carboxylic acids is 1. The lowest BCUT2D eigenvalue weighted by molar-refractivity contribution is -0.136. The van der Waals surface area contributed by atoms with Crippen LogP contribution in [0.4, 0.5) is 0 Å². The Morgan fingerprint density at radius 1 is 1.12 bits per heavy atom. The molecule has 2 rings (SSSR count). The van der Waals surface area contributed by atoms with Crippen molar-refractivity contribution >= 4 is 5.91 Å². The van der Waals surface area contributed by atoms with Crippen molar-refractivity contribution in [3.8, 4) is 0 Å². The molecule has 0 bridgehead atoms. The van der Waals surface area contributed by atoms with Crippen LogP contribution in [0.2, 0.25) is 0 Å². The highest BCUT2D eigenvalue weighted by molar-refractivity contribution is 5.79. The fraction of sp³-hybridized carbons (Fsp3) is 0.381. The first-order chi connectivity index (χ1) is 12.5. The van der Waals surface area contributed by atoms with Crippen LogP contribution in [0.5, 0.6) is 0 Å². The Bertz CT molecular complexity index is 663. The number of benzene rings is 2. The van der Waals surface area contributed by atoms with Crippen LogP contribution in [-0.4, -0.2) is 42.2 Å². The van der Waals surface area contributed by atoms with Crippen LogP contribution in [0.25, 0.3) is 0 Å². The first-order valence-electron chi connectivity index (χ1n) is 8.84. The molecule has 0 saturated carbocycles. The Labute approximate surface area is 155 Å². The third kappa shape index (κ3) is 5.95. The molecule has 2 aromatic rings. The van der Waals surface area contributed by atoms with E-state index in [0.717, 1.165) is 11.1 Å². The van der Waals surface area contributed by atoms with Crippen molar-refractivity contribution in [2.45, 2.75) is 25.7 Å². The normalized spacial score (nSPS) is 14.5. The summed E-state index contributed by atoms with van der Waals surface area (Å²) in [6.45, 7) is 2.63. The predicted octanol–water partition coefficient (Wildman–Crippen LogP) is 2.36. The first-order valence-corrected chi connectivity index (χ1v) is 8.84. The molecule has 0 aromatic heterocycles. The number of hydrogen-bond acceptors (Lipinski definition) is 4. The molecule has 2 aromatic carbocycles. The number of nitrogens with two attached hydrogens (primary N) is 1. The topological polar surface area (TPSA) is 75.8 Å². The molecule has 0 heterocycles. The Hall–Kier alpha value is -2.21. The molecule has 3 N–H and O–H groups in total. The molecular weight excluding hydrogens is 328 g/mol. The lowest BCUT2D eigenvalue weighted by Gasteiger charge is -2.27. The van der Waals surface area contributed by atoms with Crippen LogP contribution in [0.3, 0.4) is 0 Å². The van der Waals surface area contributed by atoms with E-state index in [9.17, 15) is 9.90 Å². The minimum Gasteiger partial charge on any atom is -0.389 e. The number of hydrogen-bond donors (Lipinski definition) is 2. The van der Waals surface area contributed by atoms with Crippen LogP contribution in [-0.2, 0) is 16.1 Å². The molecule has 0 aliphatic rings. The fourth-order valence-corrected chi connectivity index (χ4v) is 2.81. The quantitative estimate of drug-likeness (QED) is 0.723. The van der Waals surface area contributed by atoms with Gasteiger partial charge in [0.1, 0.15) is 0 Å². The SMILES string of the molecule is CC(C(=O)N(C)CC(O)COCc1ccccc1)C(N)c1ccccc1. The number of aliphatic hydroxyl groups is 1. The van der Waals surface area contributed by atoms with Gasteiger partial charge in [-0.15, -0.1) is 0 Å². The Morgan fingerprint density at radius 3 is 2.31 bits per heavy atom. The standard InChI is InChI=1S/C21H28N2O3/c1-16(20(22)18-11-7-4-8-12-18)21(25)23(2)13-19(24)15-26-14-17-9-5-3-6-10-17/h3-12,16,19-20,24H,13-15,22H2,1-2H3. The van der Waals surface area contributed by atoms with Crippen LogP contribution >= 0.6 is 0 Å². The molecule has 0 aliphatic heterocycles. The molecule has 3 unspecified atom stereocenters. The number of rotatable bonds is 9. The molecule has 0 saturated heterocycles. The minimum atomic E-state index is -0.743. The molecule has 0 aliphatic carbocycles. The van der Waals surface area contributed by atoms with Crippen molar-refractivity contribution in [1.29, 1.82) is 0 Å². The first kappa shape index (κ1) is 20.1. The maximum atomic E-state index is 12.6. The summed E-state index contributed by atoms with van der Waals surface area (Å²) in [6.07, 6.45) is -0.743. The zero-order valence-electron chi connectivity index (χ0n) is 15.4. The van der Waals surface area contributed by atoms with E-state index in [1.807, 2.05) is 67.6 Å². The van der Waals surface area contributed by atoms with Gasteiger partial charge in [-0.2, -0.15) is 0 Å². The number of nitrogens with zero attached hydrogens (tertiary/aromatic N) is 1. The van der Waals surface area contributed by atoms with Crippen molar-refractivity contribution < 1.29 is 14.6 Å². The second-order valence-electron chi connectivity index (χ2n) is 6.60. The molecule has 1 amide bonds. The van der Waals surface area contributed by atoms with Gasteiger partial charge in [0.25, 0.3) is 0 Å². The number of carbonyl (C=O) groups is 1. The van der Waals surface area contributed by atoms with E-state index in [2.05, 4.69) is 0 Å². The monoisotopic (exact) mass is 356 g/mol. The zero-order valence-corrected chi connectivity index (χ0v) is 15.4. The molecule has 0 fully saturated rings. The maximum Gasteiger partial charge on any atom is 0.227 e. The van der Waals surface area contributed by atoms with Gasteiger partial charge >= 0.3 is 0 Å². The largest absolute Gasteiger partial charge is 0.389 e. The van der Waals surface area contributed by atoms with Gasteiger partial charge in [0.05, 0.1) is 25.2 Å². The van der Waals surface area contributed by atoms with Crippen molar-refractivity contribution in [1.82, 2.24) is 4.90 Å². The van der Waals surface area contributed by atoms with Gasteiger partial charge in [0.2, 0.25) is 5.91 Å². The average Bonchev–Trinajstić information content (AvgIpc) is 2.67. The third-order valence-corrected chi connectivity index (χ3v) is 4.40. The Balaban J connectivity index is 1.78. The van der Waals surface area contributed by atoms with E-state index in [-0.39, 0.29) is 31.0 Å². The van der Waals surface area contributed by atoms with E-state index in [1.165, 1.54) is 4.90 Å². The molecule has 0 radical (unpaired) electrons. The Kier molecular flexibility index (Phi) is 7.78. The van der Waals surface area contributed by atoms with E-state index in [1.54, 1.807) is 7.05 Å². The summed E-state index contributed by atoms with van der Waals surface area (Å²) in [4.78, 5) is 14.1. The third-order valence-electron chi connectivity index (χ3n) is 4.40. The van der Waals surface area contributed by atoms with E-state index < -0.39 is 6.10 Å². The molecular formula is C21H28N2O3. The lowest BCUT2D eigenvalue weighted by Crippen LogP contribution is -2.41. The highest BCUT2D eigenvalue weighted by atomic mass is 16.5. The molecule has 3 atom stereocenters. The smallest absolute Gasteiger partial charge is 0.227 e. The molecule has 5 nitrogen and oxygen atoms in total. The number of amides is 1. The highest BCUT2D eigenvalue weighted by Crippen LogP contribution is 2.20.